The summed E-state index contributed by atoms with van der Waals surface area (Å²) in [6, 6.07) is 0. The van der Waals surface area contributed by atoms with Crippen LogP contribution in [0.4, 0.5) is 0 Å². The topological polar surface area (TPSA) is 228 Å². The second-order valence-corrected chi connectivity index (χ2v) is 12.9. The molecule has 0 radical (unpaired) electrons. The molecule has 0 aromatic heterocycles. The minimum atomic E-state index is -1.04. The van der Waals surface area contributed by atoms with E-state index in [1.165, 1.54) is 18.2 Å². The van der Waals surface area contributed by atoms with Crippen LogP contribution in [0.3, 0.4) is 0 Å². The minimum Gasteiger partial charge on any atom is -0.393 e. The smallest absolute Gasteiger partial charge is 0.222 e. The maximum absolute atomic E-state index is 11.7. The number of hydrogen-bond acceptors (Lipinski definition) is 11. The van der Waals surface area contributed by atoms with Crippen LogP contribution in [-0.4, -0.2) is 119 Å². The first kappa shape index (κ1) is 43.3. The van der Waals surface area contributed by atoms with E-state index < -0.39 is 54.9 Å². The number of rotatable bonds is 26. The van der Waals surface area contributed by atoms with E-state index in [4.69, 9.17) is 0 Å². The molecule has 12 nitrogen and oxygen atoms in total. The Morgan fingerprint density at radius 1 is 0.556 bits per heavy atom. The van der Waals surface area contributed by atoms with E-state index in [9.17, 15) is 55.5 Å². The van der Waals surface area contributed by atoms with Crippen LogP contribution in [0.2, 0.25) is 0 Å². The van der Waals surface area contributed by atoms with Gasteiger partial charge in [-0.25, -0.2) is 0 Å². The van der Waals surface area contributed by atoms with Gasteiger partial charge in [0.25, 0.3) is 0 Å². The van der Waals surface area contributed by atoms with Gasteiger partial charge in [0.2, 0.25) is 5.91 Å². The average Bonchev–Trinajstić information content (AvgIpc) is 2.90. The van der Waals surface area contributed by atoms with Crippen LogP contribution in [-0.2, 0) is 9.59 Å². The molecule has 12 heteroatoms. The van der Waals surface area contributed by atoms with E-state index in [1.807, 2.05) is 0 Å². The molecule has 0 aliphatic rings. The highest BCUT2D eigenvalue weighted by Gasteiger charge is 2.20. The zero-order chi connectivity index (χ0) is 34.5. The summed E-state index contributed by atoms with van der Waals surface area (Å²) in [4.78, 5) is 23.2. The Bertz CT molecular complexity index is 851. The van der Waals surface area contributed by atoms with Crippen LogP contribution >= 0.6 is 0 Å². The molecule has 0 aliphatic heterocycles. The summed E-state index contributed by atoms with van der Waals surface area (Å²) in [6.07, 6.45) is -1.55. The fourth-order valence-corrected chi connectivity index (χ4v) is 4.66. The van der Waals surface area contributed by atoms with Gasteiger partial charge in [-0.3, -0.25) is 9.59 Å². The van der Waals surface area contributed by atoms with E-state index in [-0.39, 0.29) is 81.3 Å². The van der Waals surface area contributed by atoms with Crippen molar-refractivity contribution in [1.29, 1.82) is 0 Å². The lowest BCUT2D eigenvalue weighted by Gasteiger charge is -2.19. The SMILES string of the molecule is CC(C)C(=O)CC(O)CC(O)CC(O)C=CCC(O)CC(O)CC(O)CC(O)C=CCC(O)CC(O)CCCNC(=O)C(C)C. The molecule has 264 valence electrons. The van der Waals surface area contributed by atoms with Crippen LogP contribution in [0.5, 0.6) is 0 Å². The van der Waals surface area contributed by atoms with Crippen molar-refractivity contribution in [3.8, 4) is 0 Å². The first-order valence-electron chi connectivity index (χ1n) is 16.3. The maximum Gasteiger partial charge on any atom is 0.222 e. The predicted octanol–water partition coefficient (Wildman–Crippen LogP) is 0.635. The quantitative estimate of drug-likeness (QED) is 0.0463. The molecular formula is C33H61NO11. The molecule has 0 aromatic carbocycles. The first-order chi connectivity index (χ1) is 21.0. The number of amides is 1. The van der Waals surface area contributed by atoms with Gasteiger partial charge in [-0.15, -0.1) is 0 Å². The van der Waals surface area contributed by atoms with E-state index in [1.54, 1.807) is 33.8 Å². The summed E-state index contributed by atoms with van der Waals surface area (Å²) in [5.74, 6) is -0.463. The Kier molecular flexibility index (Phi) is 23.5. The molecule has 45 heavy (non-hydrogen) atoms. The Labute approximate surface area is 268 Å². The zero-order valence-electron chi connectivity index (χ0n) is 27.5. The van der Waals surface area contributed by atoms with Gasteiger partial charge < -0.3 is 51.3 Å². The van der Waals surface area contributed by atoms with Gasteiger partial charge in [-0.05, 0) is 51.4 Å². The second kappa shape index (κ2) is 24.4. The highest BCUT2D eigenvalue weighted by Crippen LogP contribution is 2.15. The normalized spacial score (nSPS) is 18.6. The fraction of sp³-hybridized carbons (Fsp3) is 0.818. The van der Waals surface area contributed by atoms with Crippen LogP contribution in [0, 0.1) is 11.8 Å². The van der Waals surface area contributed by atoms with Crippen molar-refractivity contribution in [2.75, 3.05) is 6.54 Å². The van der Waals surface area contributed by atoms with E-state index in [2.05, 4.69) is 5.32 Å². The summed E-state index contributed by atoms with van der Waals surface area (Å²) >= 11 is 0. The standard InChI is InChI=1S/C33H61NO11/c1-21(2)32(44)20-31(43)19-30(42)17-26(38)11-6-10-25(37)16-29(41)18-28(40)15-24(36)9-5-8-23(35)14-27(39)12-7-13-34-33(45)22(3)4/h5-6,9,11,21-31,35-43H,7-8,10,12-20H2,1-4H3,(H,34,45). The molecule has 0 spiro atoms. The van der Waals surface area contributed by atoms with Gasteiger partial charge >= 0.3 is 0 Å². The molecular weight excluding hydrogens is 586 g/mol. The molecule has 9 atom stereocenters. The number of aliphatic hydroxyl groups is 9. The number of Topliss-reactive ketones (excluding diaryl/α,β-unsaturated/α-hetero) is 1. The van der Waals surface area contributed by atoms with Crippen LogP contribution in [0.15, 0.2) is 24.3 Å². The van der Waals surface area contributed by atoms with Gasteiger partial charge in [0.1, 0.15) is 5.78 Å². The number of hydrogen-bond donors (Lipinski definition) is 10. The summed E-state index contributed by atoms with van der Waals surface area (Å²) in [5, 5.41) is 93.8. The molecule has 0 fully saturated rings. The lowest BCUT2D eigenvalue weighted by atomic mass is 9.97. The van der Waals surface area contributed by atoms with Crippen LogP contribution in [0.25, 0.3) is 0 Å². The van der Waals surface area contributed by atoms with E-state index in [0.717, 1.165) is 0 Å². The maximum atomic E-state index is 11.7. The third kappa shape index (κ3) is 24.1. The first-order valence-corrected chi connectivity index (χ1v) is 16.3. The lowest BCUT2D eigenvalue weighted by molar-refractivity contribution is -0.124. The molecule has 0 bridgehead atoms. The monoisotopic (exact) mass is 647 g/mol. The number of carbonyl (C=O) groups excluding carboxylic acids is 2. The molecule has 0 saturated heterocycles. The van der Waals surface area contributed by atoms with Gasteiger partial charge in [0, 0.05) is 37.6 Å². The zero-order valence-corrected chi connectivity index (χ0v) is 27.5. The van der Waals surface area contributed by atoms with Crippen molar-refractivity contribution in [2.24, 2.45) is 11.8 Å². The third-order valence-corrected chi connectivity index (χ3v) is 7.36. The number of carbonyl (C=O) groups is 2. The van der Waals surface area contributed by atoms with Crippen molar-refractivity contribution in [3.05, 3.63) is 24.3 Å². The molecule has 9 unspecified atom stereocenters. The molecule has 0 heterocycles. The molecule has 0 aliphatic carbocycles. The van der Waals surface area contributed by atoms with Crippen molar-refractivity contribution in [1.82, 2.24) is 5.32 Å². The summed E-state index contributed by atoms with van der Waals surface area (Å²) in [6.45, 7) is 7.51. The Morgan fingerprint density at radius 2 is 0.978 bits per heavy atom. The van der Waals surface area contributed by atoms with Gasteiger partial charge in [-0.2, -0.15) is 0 Å². The lowest BCUT2D eigenvalue weighted by Crippen LogP contribution is -2.29. The molecule has 0 rings (SSSR count). The second-order valence-electron chi connectivity index (χ2n) is 12.9. The van der Waals surface area contributed by atoms with Crippen LogP contribution < -0.4 is 5.32 Å². The van der Waals surface area contributed by atoms with Crippen molar-refractivity contribution < 1.29 is 55.5 Å². The summed E-state index contributed by atoms with van der Waals surface area (Å²) in [5.41, 5.74) is 0. The average molecular weight is 648 g/mol. The number of aliphatic hydroxyl groups excluding tert-OH is 9. The summed E-state index contributed by atoms with van der Waals surface area (Å²) in [7, 11) is 0. The Morgan fingerprint density at radius 3 is 1.44 bits per heavy atom. The fourth-order valence-electron chi connectivity index (χ4n) is 4.66. The predicted molar refractivity (Wildman–Crippen MR) is 171 cm³/mol. The largest absolute Gasteiger partial charge is 0.393 e. The molecule has 0 saturated carbocycles. The Hall–Kier alpha value is -1.74. The van der Waals surface area contributed by atoms with Gasteiger partial charge in [-0.1, -0.05) is 52.0 Å². The molecule has 10 N–H and O–H groups in total. The van der Waals surface area contributed by atoms with Crippen LogP contribution in [0.1, 0.15) is 98.3 Å². The third-order valence-electron chi connectivity index (χ3n) is 7.36. The highest BCUT2D eigenvalue weighted by atomic mass is 16.3. The van der Waals surface area contributed by atoms with Crippen molar-refractivity contribution in [2.45, 2.75) is 153 Å². The van der Waals surface area contributed by atoms with Gasteiger partial charge in [0.05, 0.1) is 54.9 Å². The van der Waals surface area contributed by atoms with E-state index >= 15 is 0 Å². The molecule has 1 amide bonds. The highest BCUT2D eigenvalue weighted by molar-refractivity contribution is 5.80. The van der Waals surface area contributed by atoms with Gasteiger partial charge in [0.15, 0.2) is 0 Å². The Balaban J connectivity index is 4.23. The molecule has 0 aromatic rings. The van der Waals surface area contributed by atoms with Crippen molar-refractivity contribution >= 4 is 11.7 Å². The summed E-state index contributed by atoms with van der Waals surface area (Å²) < 4.78 is 0. The van der Waals surface area contributed by atoms with E-state index in [0.29, 0.717) is 19.4 Å². The number of nitrogens with one attached hydrogen (secondary N) is 1. The number of ketones is 1. The minimum absolute atomic E-state index is 0.0409. The van der Waals surface area contributed by atoms with Crippen molar-refractivity contribution in [3.63, 3.8) is 0 Å².